The minimum absolute atomic E-state index is 0.169. The molecule has 1 saturated heterocycles. The number of carbonyl (C=O) groups is 4. The van der Waals surface area contributed by atoms with E-state index in [1.807, 2.05) is 0 Å². The molecule has 11 nitrogen and oxygen atoms in total. The van der Waals surface area contributed by atoms with Gasteiger partial charge in [-0.3, -0.25) is 24.5 Å². The molecule has 0 aliphatic carbocycles. The smallest absolute Gasteiger partial charge is 0.329 e. The quantitative estimate of drug-likeness (QED) is 0.351. The molecule has 11 heteroatoms. The molecule has 2 rings (SSSR count). The molecular formula is C18H21N3O8. The van der Waals surface area contributed by atoms with Gasteiger partial charge in [-0.2, -0.15) is 0 Å². The first kappa shape index (κ1) is 21.8. The molecule has 1 aliphatic rings. The Hall–Kier alpha value is -3.50. The zero-order chi connectivity index (χ0) is 21.6. The van der Waals surface area contributed by atoms with Crippen molar-refractivity contribution in [2.75, 3.05) is 14.2 Å². The second-order valence-electron chi connectivity index (χ2n) is 6.40. The molecule has 0 unspecified atom stereocenters. The van der Waals surface area contributed by atoms with Crippen LogP contribution < -0.4 is 10.6 Å². The second kappa shape index (κ2) is 9.62. The van der Waals surface area contributed by atoms with Crippen LogP contribution in [0.3, 0.4) is 0 Å². The summed E-state index contributed by atoms with van der Waals surface area (Å²) in [7, 11) is 2.30. The minimum atomic E-state index is -1.27. The molecule has 3 atom stereocenters. The van der Waals surface area contributed by atoms with Gasteiger partial charge in [0.1, 0.15) is 12.1 Å². The van der Waals surface area contributed by atoms with Crippen molar-refractivity contribution in [2.45, 2.75) is 37.3 Å². The van der Waals surface area contributed by atoms with E-state index in [0.29, 0.717) is 5.56 Å². The number of rotatable bonds is 8. The van der Waals surface area contributed by atoms with Crippen molar-refractivity contribution in [1.29, 1.82) is 0 Å². The summed E-state index contributed by atoms with van der Waals surface area (Å²) in [4.78, 5) is 58.5. The monoisotopic (exact) mass is 407 g/mol. The molecule has 0 saturated carbocycles. The molecule has 0 spiro atoms. The summed E-state index contributed by atoms with van der Waals surface area (Å²) in [6.07, 6.45) is 0.179. The van der Waals surface area contributed by atoms with E-state index < -0.39 is 40.8 Å². The molecule has 0 aromatic heterocycles. The second-order valence-corrected chi connectivity index (χ2v) is 6.40. The predicted octanol–water partition coefficient (Wildman–Crippen LogP) is 0.178. The lowest BCUT2D eigenvalue weighted by atomic mass is 9.88. The number of benzene rings is 1. The van der Waals surface area contributed by atoms with Crippen LogP contribution in [0.2, 0.25) is 0 Å². The van der Waals surface area contributed by atoms with Crippen LogP contribution in [0.4, 0.5) is 5.69 Å². The largest absolute Gasteiger partial charge is 0.469 e. The molecule has 1 heterocycles. The SMILES string of the molecule is COC(=O)C[C@H](c1ccc([N+](=O)[O-])cc1)[C@H](NC(=O)[C@@H]1CCC(=O)N1)C(=O)OC. The van der Waals surface area contributed by atoms with Crippen molar-refractivity contribution in [2.24, 2.45) is 0 Å². The van der Waals surface area contributed by atoms with E-state index in [2.05, 4.69) is 15.4 Å². The zero-order valence-corrected chi connectivity index (χ0v) is 15.9. The van der Waals surface area contributed by atoms with Crippen LogP contribution in [0.15, 0.2) is 24.3 Å². The van der Waals surface area contributed by atoms with Gasteiger partial charge in [0, 0.05) is 24.5 Å². The van der Waals surface area contributed by atoms with E-state index in [1.54, 1.807) is 0 Å². The van der Waals surface area contributed by atoms with Crippen LogP contribution in [0, 0.1) is 10.1 Å². The number of esters is 2. The van der Waals surface area contributed by atoms with E-state index in [0.717, 1.165) is 7.11 Å². The summed E-state index contributed by atoms with van der Waals surface area (Å²) in [6.45, 7) is 0. The number of ether oxygens (including phenoxy) is 2. The third-order valence-electron chi connectivity index (χ3n) is 4.61. The summed E-state index contributed by atoms with van der Waals surface area (Å²) in [5.74, 6) is -3.23. The Bertz CT molecular complexity index is 808. The van der Waals surface area contributed by atoms with Gasteiger partial charge in [0.2, 0.25) is 11.8 Å². The van der Waals surface area contributed by atoms with Crippen LogP contribution in [0.1, 0.15) is 30.7 Å². The highest BCUT2D eigenvalue weighted by Gasteiger charge is 2.37. The fourth-order valence-electron chi connectivity index (χ4n) is 3.05. The Morgan fingerprint density at radius 2 is 1.90 bits per heavy atom. The molecule has 2 amide bonds. The Morgan fingerprint density at radius 1 is 1.24 bits per heavy atom. The van der Waals surface area contributed by atoms with E-state index >= 15 is 0 Å². The highest BCUT2D eigenvalue weighted by molar-refractivity contribution is 5.93. The number of methoxy groups -OCH3 is 2. The molecule has 1 aromatic rings. The third-order valence-corrected chi connectivity index (χ3v) is 4.61. The predicted molar refractivity (Wildman–Crippen MR) is 97.6 cm³/mol. The van der Waals surface area contributed by atoms with Crippen molar-refractivity contribution in [1.82, 2.24) is 10.6 Å². The Balaban J connectivity index is 2.34. The molecular weight excluding hydrogens is 386 g/mol. The maximum Gasteiger partial charge on any atom is 0.329 e. The average molecular weight is 407 g/mol. The topological polar surface area (TPSA) is 154 Å². The van der Waals surface area contributed by atoms with Crippen molar-refractivity contribution in [3.05, 3.63) is 39.9 Å². The zero-order valence-electron chi connectivity index (χ0n) is 15.9. The van der Waals surface area contributed by atoms with Gasteiger partial charge in [-0.1, -0.05) is 12.1 Å². The number of nitrogens with zero attached hydrogens (tertiary/aromatic N) is 1. The minimum Gasteiger partial charge on any atom is -0.469 e. The maximum absolute atomic E-state index is 12.5. The van der Waals surface area contributed by atoms with Crippen LogP contribution in [-0.2, 0) is 28.7 Å². The first-order valence-electron chi connectivity index (χ1n) is 8.75. The lowest BCUT2D eigenvalue weighted by Gasteiger charge is -2.27. The normalized spacial score (nSPS) is 17.6. The molecule has 1 aromatic carbocycles. The van der Waals surface area contributed by atoms with Crippen molar-refractivity contribution in [3.63, 3.8) is 0 Å². The van der Waals surface area contributed by atoms with Gasteiger partial charge >= 0.3 is 11.9 Å². The summed E-state index contributed by atoms with van der Waals surface area (Å²) < 4.78 is 9.45. The lowest BCUT2D eigenvalue weighted by Crippen LogP contribution is -2.51. The lowest BCUT2D eigenvalue weighted by molar-refractivity contribution is -0.384. The van der Waals surface area contributed by atoms with Gasteiger partial charge in [0.25, 0.3) is 5.69 Å². The van der Waals surface area contributed by atoms with E-state index in [4.69, 9.17) is 4.74 Å². The average Bonchev–Trinajstić information content (AvgIpc) is 3.16. The maximum atomic E-state index is 12.5. The van der Waals surface area contributed by atoms with Crippen molar-refractivity contribution < 1.29 is 33.6 Å². The van der Waals surface area contributed by atoms with Crippen molar-refractivity contribution in [3.8, 4) is 0 Å². The first-order chi connectivity index (χ1) is 13.8. The number of nitro benzene ring substituents is 1. The fourth-order valence-corrected chi connectivity index (χ4v) is 3.05. The van der Waals surface area contributed by atoms with Gasteiger partial charge in [-0.15, -0.1) is 0 Å². The highest BCUT2D eigenvalue weighted by Crippen LogP contribution is 2.27. The number of nitrogens with one attached hydrogen (secondary N) is 2. The van der Waals surface area contributed by atoms with E-state index in [9.17, 15) is 29.3 Å². The number of hydrogen-bond donors (Lipinski definition) is 2. The Morgan fingerprint density at radius 3 is 2.38 bits per heavy atom. The number of non-ortho nitro benzene ring substituents is 1. The fraction of sp³-hybridized carbons (Fsp3) is 0.444. The van der Waals surface area contributed by atoms with Gasteiger partial charge in [-0.25, -0.2) is 4.79 Å². The third kappa shape index (κ3) is 5.50. The number of nitro groups is 1. The first-order valence-corrected chi connectivity index (χ1v) is 8.75. The summed E-state index contributed by atoms with van der Waals surface area (Å²) in [5, 5.41) is 15.9. The summed E-state index contributed by atoms with van der Waals surface area (Å²) in [5.41, 5.74) is 0.227. The van der Waals surface area contributed by atoms with Crippen LogP contribution in [0.25, 0.3) is 0 Å². The number of amides is 2. The summed E-state index contributed by atoms with van der Waals surface area (Å²) in [6, 6.07) is 3.17. The molecule has 0 bridgehead atoms. The van der Waals surface area contributed by atoms with Crippen LogP contribution >= 0.6 is 0 Å². The molecule has 2 N–H and O–H groups in total. The molecule has 1 aliphatic heterocycles. The number of hydrogen-bond acceptors (Lipinski definition) is 8. The van der Waals surface area contributed by atoms with Crippen LogP contribution in [0.5, 0.6) is 0 Å². The highest BCUT2D eigenvalue weighted by atomic mass is 16.6. The van der Waals surface area contributed by atoms with Gasteiger partial charge < -0.3 is 20.1 Å². The number of carbonyl (C=O) groups excluding carboxylic acids is 4. The van der Waals surface area contributed by atoms with E-state index in [-0.39, 0.29) is 30.9 Å². The molecule has 156 valence electrons. The van der Waals surface area contributed by atoms with Crippen LogP contribution in [-0.4, -0.2) is 55.0 Å². The standard InChI is InChI=1S/C18H21N3O8/c1-28-15(23)9-12(10-3-5-11(6-4-10)21(26)27)16(18(25)29-2)20-17(24)13-7-8-14(22)19-13/h3-6,12-13,16H,7-9H2,1-2H3,(H,19,22)(H,20,24)/t12-,13+,16+/m1/s1. The molecule has 0 radical (unpaired) electrons. The van der Waals surface area contributed by atoms with Gasteiger partial charge in [0.05, 0.1) is 25.6 Å². The molecule has 1 fully saturated rings. The summed E-state index contributed by atoms with van der Waals surface area (Å²) >= 11 is 0. The Labute approximate surface area is 165 Å². The molecule has 29 heavy (non-hydrogen) atoms. The van der Waals surface area contributed by atoms with E-state index in [1.165, 1.54) is 31.4 Å². The van der Waals surface area contributed by atoms with Gasteiger partial charge in [-0.05, 0) is 12.0 Å². The Kier molecular flexibility index (Phi) is 7.23. The van der Waals surface area contributed by atoms with Crippen molar-refractivity contribution >= 4 is 29.4 Å². The van der Waals surface area contributed by atoms with Gasteiger partial charge in [0.15, 0.2) is 0 Å².